The number of hydrogen-bond acceptors (Lipinski definition) is 2. The van der Waals surface area contributed by atoms with Gasteiger partial charge in [0.1, 0.15) is 5.75 Å². The first-order valence-corrected chi connectivity index (χ1v) is 8.55. The molecule has 1 aromatic carbocycles. The predicted molar refractivity (Wildman–Crippen MR) is 87.3 cm³/mol. The molecule has 120 valence electrons. The quantitative estimate of drug-likeness (QED) is 0.892. The highest BCUT2D eigenvalue weighted by molar-refractivity contribution is 5.92. The lowest BCUT2D eigenvalue weighted by Crippen LogP contribution is -3.18. The summed E-state index contributed by atoms with van der Waals surface area (Å²) >= 11 is 0. The number of likely N-dealkylation sites (tertiary alicyclic amines) is 1. The molecule has 1 saturated carbocycles. The SMILES string of the molecule is COc1ccccc1NC(=O)C[NH+]1CCC[C@@H]2CCCC[C@@H]21. The van der Waals surface area contributed by atoms with Crippen LogP contribution in [0, 0.1) is 5.92 Å². The van der Waals surface area contributed by atoms with Gasteiger partial charge in [0.2, 0.25) is 0 Å². The van der Waals surface area contributed by atoms with Crippen molar-refractivity contribution in [3.63, 3.8) is 0 Å². The average molecular weight is 303 g/mol. The molecule has 0 aromatic heterocycles. The Morgan fingerprint density at radius 1 is 1.23 bits per heavy atom. The number of carbonyl (C=O) groups is 1. The zero-order valence-corrected chi connectivity index (χ0v) is 13.4. The number of nitrogens with one attached hydrogen (secondary N) is 2. The van der Waals surface area contributed by atoms with Crippen molar-refractivity contribution >= 4 is 11.6 Å². The molecule has 1 unspecified atom stereocenters. The molecular formula is C18H27N2O2+. The normalized spacial score (nSPS) is 27.8. The fourth-order valence-electron chi connectivity index (χ4n) is 4.24. The zero-order chi connectivity index (χ0) is 15.4. The maximum absolute atomic E-state index is 12.4. The Kier molecular flexibility index (Phi) is 4.98. The number of benzene rings is 1. The lowest BCUT2D eigenvalue weighted by atomic mass is 9.78. The second-order valence-electron chi connectivity index (χ2n) is 6.63. The summed E-state index contributed by atoms with van der Waals surface area (Å²) in [6.45, 7) is 1.72. The molecule has 0 bridgehead atoms. The zero-order valence-electron chi connectivity index (χ0n) is 13.4. The third-order valence-electron chi connectivity index (χ3n) is 5.27. The number of fused-ring (bicyclic) bond motifs is 1. The smallest absolute Gasteiger partial charge is 0.279 e. The number of carbonyl (C=O) groups excluding carboxylic acids is 1. The number of piperidine rings is 1. The van der Waals surface area contributed by atoms with Gasteiger partial charge in [-0.05, 0) is 44.2 Å². The van der Waals surface area contributed by atoms with E-state index in [1.54, 1.807) is 7.11 Å². The first kappa shape index (κ1) is 15.3. The van der Waals surface area contributed by atoms with Gasteiger partial charge in [-0.2, -0.15) is 0 Å². The van der Waals surface area contributed by atoms with E-state index in [1.165, 1.54) is 43.4 Å². The minimum absolute atomic E-state index is 0.103. The molecule has 4 heteroatoms. The van der Waals surface area contributed by atoms with Gasteiger partial charge < -0.3 is 15.0 Å². The molecule has 0 spiro atoms. The number of amides is 1. The first-order valence-electron chi connectivity index (χ1n) is 8.55. The number of anilines is 1. The maximum atomic E-state index is 12.4. The van der Waals surface area contributed by atoms with E-state index in [0.717, 1.165) is 23.9 Å². The number of rotatable bonds is 4. The molecule has 2 fully saturated rings. The first-order chi connectivity index (χ1) is 10.8. The highest BCUT2D eigenvalue weighted by Crippen LogP contribution is 2.28. The summed E-state index contributed by atoms with van der Waals surface area (Å²) in [4.78, 5) is 13.9. The highest BCUT2D eigenvalue weighted by atomic mass is 16.5. The van der Waals surface area contributed by atoms with E-state index in [9.17, 15) is 4.79 Å². The lowest BCUT2D eigenvalue weighted by molar-refractivity contribution is -0.928. The number of para-hydroxylation sites is 2. The van der Waals surface area contributed by atoms with E-state index in [0.29, 0.717) is 12.6 Å². The van der Waals surface area contributed by atoms with Crippen molar-refractivity contribution in [1.82, 2.24) is 0 Å². The molecule has 0 radical (unpaired) electrons. The van der Waals surface area contributed by atoms with Crippen LogP contribution in [0.2, 0.25) is 0 Å². The van der Waals surface area contributed by atoms with Gasteiger partial charge >= 0.3 is 0 Å². The third-order valence-corrected chi connectivity index (χ3v) is 5.27. The average Bonchev–Trinajstić information content (AvgIpc) is 2.55. The van der Waals surface area contributed by atoms with Crippen molar-refractivity contribution in [3.05, 3.63) is 24.3 Å². The molecule has 3 atom stereocenters. The van der Waals surface area contributed by atoms with Gasteiger partial charge in [-0.15, -0.1) is 0 Å². The van der Waals surface area contributed by atoms with E-state index in [-0.39, 0.29) is 5.91 Å². The van der Waals surface area contributed by atoms with Gasteiger partial charge in [0.25, 0.3) is 5.91 Å². The lowest BCUT2D eigenvalue weighted by Gasteiger charge is -2.40. The van der Waals surface area contributed by atoms with Crippen LogP contribution in [-0.2, 0) is 4.79 Å². The van der Waals surface area contributed by atoms with Crippen molar-refractivity contribution in [1.29, 1.82) is 0 Å². The summed E-state index contributed by atoms with van der Waals surface area (Å²) < 4.78 is 5.30. The van der Waals surface area contributed by atoms with Crippen LogP contribution in [0.4, 0.5) is 5.69 Å². The van der Waals surface area contributed by atoms with Gasteiger partial charge in [0, 0.05) is 5.92 Å². The van der Waals surface area contributed by atoms with Crippen LogP contribution < -0.4 is 15.0 Å². The van der Waals surface area contributed by atoms with Crippen LogP contribution in [0.3, 0.4) is 0 Å². The van der Waals surface area contributed by atoms with E-state index in [4.69, 9.17) is 4.74 Å². The molecule has 1 heterocycles. The Hall–Kier alpha value is -1.55. The Labute approximate surface area is 132 Å². The molecule has 3 rings (SSSR count). The van der Waals surface area contributed by atoms with E-state index in [1.807, 2.05) is 24.3 Å². The minimum atomic E-state index is 0.103. The highest BCUT2D eigenvalue weighted by Gasteiger charge is 2.37. The van der Waals surface area contributed by atoms with Crippen LogP contribution in [0.1, 0.15) is 38.5 Å². The Morgan fingerprint density at radius 2 is 2.00 bits per heavy atom. The van der Waals surface area contributed by atoms with Gasteiger partial charge in [-0.25, -0.2) is 0 Å². The van der Waals surface area contributed by atoms with Crippen LogP contribution in [0.25, 0.3) is 0 Å². The van der Waals surface area contributed by atoms with E-state index >= 15 is 0 Å². The fourth-order valence-corrected chi connectivity index (χ4v) is 4.24. The summed E-state index contributed by atoms with van der Waals surface area (Å²) in [6, 6.07) is 8.30. The van der Waals surface area contributed by atoms with Gasteiger partial charge in [0.15, 0.2) is 6.54 Å². The molecule has 1 amide bonds. The van der Waals surface area contributed by atoms with Crippen molar-refractivity contribution < 1.29 is 14.4 Å². The molecule has 2 N–H and O–H groups in total. The Bertz CT molecular complexity index is 516. The molecule has 1 saturated heterocycles. The standard InChI is InChI=1S/C18H26N2O2/c1-22-17-11-5-3-9-15(17)19-18(21)13-20-12-6-8-14-7-2-4-10-16(14)20/h3,5,9,11,14,16H,2,4,6-8,10,12-13H2,1H3,(H,19,21)/p+1/t14-,16-/m0/s1. The second-order valence-corrected chi connectivity index (χ2v) is 6.63. The Balaban J connectivity index is 1.61. The van der Waals surface area contributed by atoms with Crippen molar-refractivity contribution in [2.45, 2.75) is 44.6 Å². The monoisotopic (exact) mass is 303 g/mol. The van der Waals surface area contributed by atoms with Crippen LogP contribution >= 0.6 is 0 Å². The molecule has 2 aliphatic rings. The minimum Gasteiger partial charge on any atom is -0.495 e. The second kappa shape index (κ2) is 7.14. The number of ether oxygens (including phenoxy) is 1. The molecule has 4 nitrogen and oxygen atoms in total. The molecule has 1 aromatic rings. The summed E-state index contributed by atoms with van der Waals surface area (Å²) in [5.41, 5.74) is 0.770. The van der Waals surface area contributed by atoms with E-state index in [2.05, 4.69) is 5.32 Å². The largest absolute Gasteiger partial charge is 0.495 e. The van der Waals surface area contributed by atoms with Gasteiger partial charge in [0.05, 0.1) is 25.4 Å². The van der Waals surface area contributed by atoms with E-state index < -0.39 is 0 Å². The summed E-state index contributed by atoms with van der Waals surface area (Å²) in [5.74, 6) is 1.67. The number of quaternary nitrogens is 1. The summed E-state index contributed by atoms with van der Waals surface area (Å²) in [6.07, 6.45) is 7.99. The predicted octanol–water partition coefficient (Wildman–Crippen LogP) is 1.87. The number of methoxy groups -OCH3 is 1. The van der Waals surface area contributed by atoms with Crippen LogP contribution in [0.15, 0.2) is 24.3 Å². The Morgan fingerprint density at radius 3 is 2.86 bits per heavy atom. The van der Waals surface area contributed by atoms with Gasteiger partial charge in [-0.1, -0.05) is 18.6 Å². The maximum Gasteiger partial charge on any atom is 0.279 e. The van der Waals surface area contributed by atoms with Crippen molar-refractivity contribution in [2.24, 2.45) is 5.92 Å². The van der Waals surface area contributed by atoms with Gasteiger partial charge in [-0.3, -0.25) is 4.79 Å². The van der Waals surface area contributed by atoms with Crippen LogP contribution in [-0.4, -0.2) is 32.1 Å². The third kappa shape index (κ3) is 3.43. The number of hydrogen-bond donors (Lipinski definition) is 2. The topological polar surface area (TPSA) is 42.8 Å². The van der Waals surface area contributed by atoms with Crippen molar-refractivity contribution in [2.75, 3.05) is 25.5 Å². The summed E-state index contributed by atoms with van der Waals surface area (Å²) in [7, 11) is 1.63. The molecular weight excluding hydrogens is 276 g/mol. The summed E-state index contributed by atoms with van der Waals surface area (Å²) in [5, 5.41) is 3.02. The molecule has 22 heavy (non-hydrogen) atoms. The molecule has 1 aliphatic carbocycles. The van der Waals surface area contributed by atoms with Crippen LogP contribution in [0.5, 0.6) is 5.75 Å². The molecule has 1 aliphatic heterocycles. The van der Waals surface area contributed by atoms with Crippen molar-refractivity contribution in [3.8, 4) is 5.75 Å². The fraction of sp³-hybridized carbons (Fsp3) is 0.611.